The molecule has 10 rings (SSSR count). The monoisotopic (exact) mass is 977 g/mol. The lowest BCUT2D eigenvalue weighted by atomic mass is 10.0. The van der Waals surface area contributed by atoms with E-state index in [4.69, 9.17) is 31.3 Å². The molecule has 0 unspecified atom stereocenters. The minimum Gasteiger partial charge on any atom is -0.399 e. The van der Waals surface area contributed by atoms with E-state index in [1.165, 1.54) is 24.5 Å². The highest BCUT2D eigenvalue weighted by molar-refractivity contribution is 6.67. The van der Waals surface area contributed by atoms with Gasteiger partial charge < -0.3 is 44.0 Å². The predicted octanol–water partition coefficient (Wildman–Crippen LogP) is 9.84. The number of hydrogen-bond donors (Lipinski definition) is 3. The number of ketones is 1. The van der Waals surface area contributed by atoms with Gasteiger partial charge in [0.2, 0.25) is 0 Å². The molecule has 2 aliphatic rings. The fourth-order valence-electron chi connectivity index (χ4n) is 7.78. The summed E-state index contributed by atoms with van der Waals surface area (Å²) < 4.78 is 103. The van der Waals surface area contributed by atoms with Gasteiger partial charge in [0.05, 0.1) is 83.1 Å². The topological polar surface area (TPSA) is 195 Å². The first-order valence-electron chi connectivity index (χ1n) is 21.3. The molecule has 0 spiro atoms. The number of halogens is 7. The van der Waals surface area contributed by atoms with Crippen molar-refractivity contribution < 1.29 is 54.5 Å². The van der Waals surface area contributed by atoms with Crippen LogP contribution in [0.4, 0.5) is 43.4 Å². The Morgan fingerprint density at radius 2 is 1.12 bits per heavy atom. The number of benzene rings is 4. The number of aryl methyl sites for hydroxylation is 2. The van der Waals surface area contributed by atoms with Gasteiger partial charge in [0.25, 0.3) is 5.24 Å². The molecular weight excluding hydrogens is 936 g/mol. The number of H-pyrrole nitrogens is 2. The third-order valence-corrected chi connectivity index (χ3v) is 11.5. The molecule has 0 aliphatic carbocycles. The van der Waals surface area contributed by atoms with Crippen molar-refractivity contribution >= 4 is 61.8 Å². The van der Waals surface area contributed by atoms with Crippen LogP contribution in [0.25, 0.3) is 44.8 Å². The smallest absolute Gasteiger partial charge is 0.399 e. The number of nitrogens with zero attached hydrogens (tertiary/aromatic N) is 6. The summed E-state index contributed by atoms with van der Waals surface area (Å²) in [7, 11) is 0. The van der Waals surface area contributed by atoms with E-state index in [-0.39, 0.29) is 23.6 Å². The number of aromatic nitrogens is 6. The molecule has 4 aromatic carbocycles. The summed E-state index contributed by atoms with van der Waals surface area (Å²) in [5.41, 5.74) is 10.0. The number of hydrogen-bond acceptors (Lipinski definition) is 13. The number of nitrogens with one attached hydrogen (secondary N) is 2. The second-order valence-corrected chi connectivity index (χ2v) is 16.3. The molecule has 2 aliphatic heterocycles. The van der Waals surface area contributed by atoms with Gasteiger partial charge in [-0.25, -0.2) is 9.97 Å². The number of nitrogen functional groups attached to an aromatic ring is 1. The Labute approximate surface area is 393 Å². The maximum Gasteiger partial charge on any atom is 0.418 e. The molecule has 69 heavy (non-hydrogen) atoms. The van der Waals surface area contributed by atoms with Gasteiger partial charge in [-0.2, -0.15) is 26.3 Å². The highest BCUT2D eigenvalue weighted by Crippen LogP contribution is 2.41. The van der Waals surface area contributed by atoms with E-state index >= 15 is 0 Å². The van der Waals surface area contributed by atoms with Crippen LogP contribution in [0, 0.1) is 13.8 Å². The number of morpholine rings is 2. The average molecular weight is 978 g/mol. The lowest BCUT2D eigenvalue weighted by Crippen LogP contribution is -2.37. The van der Waals surface area contributed by atoms with E-state index in [2.05, 4.69) is 34.8 Å². The zero-order valence-corrected chi connectivity index (χ0v) is 37.6. The Kier molecular flexibility index (Phi) is 14.1. The molecule has 4 N–H and O–H groups in total. The molecule has 0 amide bonds. The molecular formula is C47H42ClF6N9O6. The van der Waals surface area contributed by atoms with Gasteiger partial charge in [0, 0.05) is 60.8 Å². The maximum atomic E-state index is 13.9. The number of fused-ring (bicyclic) bond motifs is 2. The van der Waals surface area contributed by atoms with Crippen molar-refractivity contribution in [3.63, 3.8) is 0 Å². The van der Waals surface area contributed by atoms with Gasteiger partial charge in [0.1, 0.15) is 23.2 Å². The number of carbonyl (C=O) groups excluding carboxylic acids is 2. The van der Waals surface area contributed by atoms with Crippen LogP contribution in [0.15, 0.2) is 94.2 Å². The molecule has 0 radical (unpaired) electrons. The van der Waals surface area contributed by atoms with Crippen LogP contribution in [0.3, 0.4) is 0 Å². The normalized spacial score (nSPS) is 14.3. The second kappa shape index (κ2) is 20.2. The van der Waals surface area contributed by atoms with Crippen LogP contribution in [0.1, 0.15) is 48.9 Å². The first-order chi connectivity index (χ1) is 32.9. The van der Waals surface area contributed by atoms with Crippen LogP contribution in [-0.2, 0) is 28.2 Å². The summed E-state index contributed by atoms with van der Waals surface area (Å²) in [6.07, 6.45) is -6.14. The van der Waals surface area contributed by atoms with Crippen molar-refractivity contribution in [1.29, 1.82) is 0 Å². The largest absolute Gasteiger partial charge is 0.418 e. The van der Waals surface area contributed by atoms with Gasteiger partial charge in [-0.15, -0.1) is 0 Å². The number of anilines is 3. The van der Waals surface area contributed by atoms with Gasteiger partial charge in [-0.1, -0.05) is 16.4 Å². The summed E-state index contributed by atoms with van der Waals surface area (Å²) in [5.74, 6) is 1.48. The summed E-state index contributed by atoms with van der Waals surface area (Å²) in [5, 5.41) is 6.46. The van der Waals surface area contributed by atoms with Crippen molar-refractivity contribution in [3.8, 4) is 22.8 Å². The van der Waals surface area contributed by atoms with Crippen molar-refractivity contribution in [2.75, 3.05) is 68.1 Å². The van der Waals surface area contributed by atoms with E-state index < -0.39 is 28.7 Å². The Morgan fingerprint density at radius 1 is 0.652 bits per heavy atom. The summed E-state index contributed by atoms with van der Waals surface area (Å²) in [6, 6.07) is 19.0. The van der Waals surface area contributed by atoms with Crippen LogP contribution in [-0.4, -0.2) is 93.9 Å². The van der Waals surface area contributed by atoms with E-state index in [1.807, 2.05) is 0 Å². The Balaban J connectivity index is 0.000000161. The lowest BCUT2D eigenvalue weighted by Gasteiger charge is -2.31. The summed E-state index contributed by atoms with van der Waals surface area (Å²) >= 11 is 5.11. The molecule has 4 aromatic heterocycles. The summed E-state index contributed by atoms with van der Waals surface area (Å²) in [4.78, 5) is 41.3. The third kappa shape index (κ3) is 11.2. The Bertz CT molecular complexity index is 3110. The van der Waals surface area contributed by atoms with E-state index in [9.17, 15) is 35.9 Å². The molecule has 0 atom stereocenters. The van der Waals surface area contributed by atoms with Crippen molar-refractivity contribution in [3.05, 3.63) is 125 Å². The number of carbonyl (C=O) groups is 2. The average Bonchev–Trinajstić information content (AvgIpc) is 4.16. The Hall–Kier alpha value is -7.23. The zero-order chi connectivity index (χ0) is 49.0. The molecule has 22 heteroatoms. The fourth-order valence-corrected chi connectivity index (χ4v) is 7.96. The van der Waals surface area contributed by atoms with Crippen LogP contribution >= 0.6 is 11.6 Å². The molecule has 2 saturated heterocycles. The fraction of sp³-hybridized carbons (Fsp3) is 0.277. The predicted molar refractivity (Wildman–Crippen MR) is 244 cm³/mol. The van der Waals surface area contributed by atoms with Crippen LogP contribution < -0.4 is 15.5 Å². The van der Waals surface area contributed by atoms with Crippen LogP contribution in [0.5, 0.6) is 0 Å². The van der Waals surface area contributed by atoms with Crippen molar-refractivity contribution in [2.45, 2.75) is 32.6 Å². The minimum absolute atomic E-state index is 0.133. The number of Topliss-reactive ketones (excluding diaryl/α,β-unsaturated/α-hetero) is 1. The molecule has 2 fully saturated rings. The van der Waals surface area contributed by atoms with Crippen LogP contribution in [0.2, 0.25) is 0 Å². The SMILES string of the molecule is Cc1oncc1C(=O)Cc1ccc2nc(-c3ccc(N4CCOCC4)c(C(F)(F)F)c3)[nH]c2c1.Cc1oncc1C(=O)Cl.Nc1ccc2nc(-c3ccc(N4CCOCC4)c(C(F)(F)F)c3)[nH]c2c1. The first kappa shape index (κ1) is 48.2. The lowest BCUT2D eigenvalue weighted by molar-refractivity contribution is -0.138. The number of nitrogens with two attached hydrogens (primary N) is 1. The van der Waals surface area contributed by atoms with Gasteiger partial charge in [-0.05, 0) is 97.7 Å². The highest BCUT2D eigenvalue weighted by Gasteiger charge is 2.37. The number of aromatic amines is 2. The zero-order valence-electron chi connectivity index (χ0n) is 36.8. The van der Waals surface area contributed by atoms with Gasteiger partial charge in [0.15, 0.2) is 5.78 Å². The molecule has 0 saturated carbocycles. The molecule has 0 bridgehead atoms. The third-order valence-electron chi connectivity index (χ3n) is 11.3. The Morgan fingerprint density at radius 3 is 1.55 bits per heavy atom. The molecule has 360 valence electrons. The maximum absolute atomic E-state index is 13.9. The highest BCUT2D eigenvalue weighted by atomic mass is 35.5. The quantitative estimate of drug-likeness (QED) is 0.0564. The summed E-state index contributed by atoms with van der Waals surface area (Å²) in [6.45, 7) is 6.61. The van der Waals surface area contributed by atoms with E-state index in [0.717, 1.165) is 17.7 Å². The molecule has 15 nitrogen and oxygen atoms in total. The van der Waals surface area contributed by atoms with Crippen molar-refractivity contribution in [1.82, 2.24) is 30.2 Å². The number of imidazole rings is 2. The second-order valence-electron chi connectivity index (χ2n) is 15.9. The minimum atomic E-state index is -4.51. The number of rotatable bonds is 8. The standard InChI is InChI=1S/C24H21F3N4O3.C18H17F3N4O.C5H4ClNO2/c1-14-17(13-28-34-14)22(32)11-15-2-4-19-20(10-15)30-23(29-19)16-3-5-21(18(12-16)24(25,26)27)31-6-8-33-9-7-31;19-18(20,21)13-9-11(1-4-16(13)25-5-7-26-8-6-25)17-23-14-3-2-12(22)10-15(14)24-17;1-3-4(5(6)8)2-7-9-3/h2-5,10,12-13H,6-9,11H2,1H3,(H,29,30);1-4,9-10H,5-8,22H2,(H,23,24);2H,1H3. The van der Waals surface area contributed by atoms with Gasteiger partial charge >= 0.3 is 12.4 Å². The van der Waals surface area contributed by atoms with Crippen molar-refractivity contribution in [2.24, 2.45) is 0 Å². The number of ether oxygens (including phenoxy) is 2. The van der Waals surface area contributed by atoms with Gasteiger partial charge in [-0.3, -0.25) is 9.59 Å². The molecule has 6 heterocycles. The first-order valence-corrected chi connectivity index (χ1v) is 21.7. The van der Waals surface area contributed by atoms with E-state index in [1.54, 1.807) is 72.2 Å². The number of alkyl halides is 6. The molecule has 8 aromatic rings. The van der Waals surface area contributed by atoms with E-state index in [0.29, 0.717) is 126 Å².